The average molecular weight is 248 g/mol. The Kier molecular flexibility index (Phi) is 4.75. The quantitative estimate of drug-likeness (QED) is 0.622. The molecule has 1 aromatic rings. The van der Waals surface area contributed by atoms with E-state index < -0.39 is 0 Å². The number of ether oxygens (including phenoxy) is 1. The second kappa shape index (κ2) is 6.32. The summed E-state index contributed by atoms with van der Waals surface area (Å²) in [4.78, 5) is 0. The van der Waals surface area contributed by atoms with E-state index in [1.807, 2.05) is 0 Å². The number of hydrogen-bond acceptors (Lipinski definition) is 3. The summed E-state index contributed by atoms with van der Waals surface area (Å²) in [5, 5.41) is 0. The third kappa shape index (κ3) is 2.58. The van der Waals surface area contributed by atoms with Gasteiger partial charge in [0.1, 0.15) is 0 Å². The molecule has 100 valence electrons. The van der Waals surface area contributed by atoms with Crippen LogP contribution < -0.4 is 11.3 Å². The molecule has 3 heteroatoms. The van der Waals surface area contributed by atoms with Gasteiger partial charge in [-0.05, 0) is 23.5 Å². The normalized spacial score (nSPS) is 20.8. The monoisotopic (exact) mass is 248 g/mol. The maximum absolute atomic E-state index is 6.00. The van der Waals surface area contributed by atoms with Crippen molar-refractivity contribution >= 4 is 0 Å². The molecule has 1 aromatic carbocycles. The summed E-state index contributed by atoms with van der Waals surface area (Å²) in [6.45, 7) is 5.22. The van der Waals surface area contributed by atoms with Crippen molar-refractivity contribution in [2.45, 2.75) is 45.3 Å². The van der Waals surface area contributed by atoms with Crippen LogP contribution in [0.4, 0.5) is 0 Å². The van der Waals surface area contributed by atoms with E-state index in [9.17, 15) is 0 Å². The molecule has 3 nitrogen and oxygen atoms in total. The summed E-state index contributed by atoms with van der Waals surface area (Å²) in [5.74, 6) is 6.33. The molecule has 0 aliphatic carbocycles. The Balaban J connectivity index is 2.27. The summed E-state index contributed by atoms with van der Waals surface area (Å²) in [6.07, 6.45) is 3.33. The first kappa shape index (κ1) is 13.5. The van der Waals surface area contributed by atoms with Crippen molar-refractivity contribution in [3.8, 4) is 0 Å². The van der Waals surface area contributed by atoms with Crippen molar-refractivity contribution in [2.24, 2.45) is 11.8 Å². The maximum Gasteiger partial charge on any atom is 0.0996 e. The van der Waals surface area contributed by atoms with Crippen LogP contribution in [0.15, 0.2) is 24.3 Å². The molecule has 1 aliphatic rings. The second-order valence-electron chi connectivity index (χ2n) is 5.01. The van der Waals surface area contributed by atoms with E-state index in [1.165, 1.54) is 11.1 Å². The first-order valence-corrected chi connectivity index (χ1v) is 6.97. The van der Waals surface area contributed by atoms with Gasteiger partial charge in [0.15, 0.2) is 0 Å². The van der Waals surface area contributed by atoms with Crippen LogP contribution >= 0.6 is 0 Å². The molecule has 0 spiro atoms. The Bertz CT molecular complexity index is 377. The largest absolute Gasteiger partial charge is 0.371 e. The van der Waals surface area contributed by atoms with Gasteiger partial charge in [-0.25, -0.2) is 0 Å². The first-order valence-electron chi connectivity index (χ1n) is 6.97. The topological polar surface area (TPSA) is 47.3 Å². The number of nitrogens with two attached hydrogens (primary N) is 1. The molecule has 0 saturated heterocycles. The van der Waals surface area contributed by atoms with Crippen LogP contribution in [-0.2, 0) is 11.2 Å². The Morgan fingerprint density at radius 2 is 2.06 bits per heavy atom. The molecule has 0 aromatic heterocycles. The Morgan fingerprint density at radius 3 is 2.72 bits per heavy atom. The SMILES string of the molecule is CCC(CC)C(NN)C1OCCc2ccccc21. The highest BCUT2D eigenvalue weighted by atomic mass is 16.5. The molecule has 3 N–H and O–H groups in total. The molecular formula is C15H24N2O. The highest BCUT2D eigenvalue weighted by Gasteiger charge is 2.32. The average Bonchev–Trinajstić information content (AvgIpc) is 2.44. The molecule has 2 unspecified atom stereocenters. The molecule has 2 atom stereocenters. The number of rotatable bonds is 5. The third-order valence-corrected chi connectivity index (χ3v) is 4.11. The van der Waals surface area contributed by atoms with Gasteiger partial charge in [0, 0.05) is 0 Å². The molecule has 0 fully saturated rings. The highest BCUT2D eigenvalue weighted by molar-refractivity contribution is 5.32. The minimum absolute atomic E-state index is 0.0878. The summed E-state index contributed by atoms with van der Waals surface area (Å²) < 4.78 is 6.00. The van der Waals surface area contributed by atoms with Crippen molar-refractivity contribution < 1.29 is 4.74 Å². The second-order valence-corrected chi connectivity index (χ2v) is 5.01. The standard InChI is InChI=1S/C15H24N2O/c1-3-11(4-2)14(17-16)15-13-8-6-5-7-12(13)9-10-18-15/h5-8,11,14-15,17H,3-4,9-10,16H2,1-2H3. The third-order valence-electron chi connectivity index (χ3n) is 4.11. The molecule has 0 radical (unpaired) electrons. The molecule has 0 saturated carbocycles. The minimum atomic E-state index is 0.0878. The molecule has 18 heavy (non-hydrogen) atoms. The zero-order valence-electron chi connectivity index (χ0n) is 11.4. The smallest absolute Gasteiger partial charge is 0.0996 e. The summed E-state index contributed by atoms with van der Waals surface area (Å²) in [7, 11) is 0. The lowest BCUT2D eigenvalue weighted by Gasteiger charge is -2.36. The van der Waals surface area contributed by atoms with E-state index in [1.54, 1.807) is 0 Å². The van der Waals surface area contributed by atoms with Crippen molar-refractivity contribution in [1.29, 1.82) is 0 Å². The lowest BCUT2D eigenvalue weighted by molar-refractivity contribution is -0.00164. The fourth-order valence-electron chi connectivity index (χ4n) is 2.99. The van der Waals surface area contributed by atoms with E-state index in [0.717, 1.165) is 25.9 Å². The number of fused-ring (bicyclic) bond motifs is 1. The van der Waals surface area contributed by atoms with Gasteiger partial charge < -0.3 is 4.74 Å². The molecule has 1 aliphatic heterocycles. The van der Waals surface area contributed by atoms with E-state index >= 15 is 0 Å². The van der Waals surface area contributed by atoms with Gasteiger partial charge in [-0.15, -0.1) is 0 Å². The van der Waals surface area contributed by atoms with Gasteiger partial charge in [0.2, 0.25) is 0 Å². The predicted octanol–water partition coefficient (Wildman–Crippen LogP) is 2.57. The number of hydrogen-bond donors (Lipinski definition) is 2. The van der Waals surface area contributed by atoms with Crippen molar-refractivity contribution in [1.82, 2.24) is 5.43 Å². The molecule has 1 heterocycles. The Morgan fingerprint density at radius 1 is 1.33 bits per heavy atom. The first-order chi connectivity index (χ1) is 8.81. The van der Waals surface area contributed by atoms with Crippen LogP contribution in [0.25, 0.3) is 0 Å². The van der Waals surface area contributed by atoms with Crippen LogP contribution in [-0.4, -0.2) is 12.6 Å². The van der Waals surface area contributed by atoms with Crippen LogP contribution in [0, 0.1) is 5.92 Å². The van der Waals surface area contributed by atoms with E-state index in [0.29, 0.717) is 5.92 Å². The fraction of sp³-hybridized carbons (Fsp3) is 0.600. The Hall–Kier alpha value is -0.900. The summed E-state index contributed by atoms with van der Waals surface area (Å²) >= 11 is 0. The van der Waals surface area contributed by atoms with Gasteiger partial charge in [0.05, 0.1) is 18.8 Å². The number of hydrazine groups is 1. The maximum atomic E-state index is 6.00. The molecule has 0 amide bonds. The van der Waals surface area contributed by atoms with Crippen LogP contribution in [0.3, 0.4) is 0 Å². The van der Waals surface area contributed by atoms with Crippen LogP contribution in [0.2, 0.25) is 0 Å². The molecular weight excluding hydrogens is 224 g/mol. The minimum Gasteiger partial charge on any atom is -0.371 e. The lowest BCUT2D eigenvalue weighted by atomic mass is 9.84. The van der Waals surface area contributed by atoms with E-state index in [2.05, 4.69) is 43.5 Å². The van der Waals surface area contributed by atoms with Crippen LogP contribution in [0.5, 0.6) is 0 Å². The van der Waals surface area contributed by atoms with Crippen molar-refractivity contribution in [2.75, 3.05) is 6.61 Å². The van der Waals surface area contributed by atoms with Gasteiger partial charge in [0.25, 0.3) is 0 Å². The number of benzene rings is 1. The van der Waals surface area contributed by atoms with Crippen molar-refractivity contribution in [3.63, 3.8) is 0 Å². The van der Waals surface area contributed by atoms with E-state index in [4.69, 9.17) is 10.6 Å². The highest BCUT2D eigenvalue weighted by Crippen LogP contribution is 2.33. The van der Waals surface area contributed by atoms with Gasteiger partial charge in [-0.1, -0.05) is 51.0 Å². The zero-order valence-corrected chi connectivity index (χ0v) is 11.4. The zero-order chi connectivity index (χ0) is 13.0. The Labute approximate surface area is 110 Å². The van der Waals surface area contributed by atoms with Crippen LogP contribution in [0.1, 0.15) is 43.9 Å². The summed E-state index contributed by atoms with van der Waals surface area (Å²) in [6, 6.07) is 8.75. The van der Waals surface area contributed by atoms with Gasteiger partial charge in [-0.3, -0.25) is 11.3 Å². The fourth-order valence-corrected chi connectivity index (χ4v) is 2.99. The van der Waals surface area contributed by atoms with Gasteiger partial charge in [-0.2, -0.15) is 0 Å². The lowest BCUT2D eigenvalue weighted by Crippen LogP contribution is -2.46. The molecule has 0 bridgehead atoms. The summed E-state index contributed by atoms with van der Waals surface area (Å²) in [5.41, 5.74) is 5.70. The van der Waals surface area contributed by atoms with Gasteiger partial charge >= 0.3 is 0 Å². The predicted molar refractivity (Wildman–Crippen MR) is 74.0 cm³/mol. The molecule has 2 rings (SSSR count). The van der Waals surface area contributed by atoms with E-state index in [-0.39, 0.29) is 12.1 Å². The van der Waals surface area contributed by atoms with Crippen molar-refractivity contribution in [3.05, 3.63) is 35.4 Å². The number of nitrogens with one attached hydrogen (secondary N) is 1.